The van der Waals surface area contributed by atoms with Crippen molar-refractivity contribution in [2.24, 2.45) is 0 Å². The van der Waals surface area contributed by atoms with E-state index >= 15 is 0 Å². The van der Waals surface area contributed by atoms with Crippen molar-refractivity contribution in [3.63, 3.8) is 0 Å². The number of halogens is 1. The van der Waals surface area contributed by atoms with Crippen LogP contribution < -0.4 is 5.32 Å². The number of hydrogen-bond donors (Lipinski definition) is 1. The summed E-state index contributed by atoms with van der Waals surface area (Å²) in [5, 5.41) is 3.61. The van der Waals surface area contributed by atoms with Gasteiger partial charge in [0.15, 0.2) is 0 Å². The number of nitrogens with one attached hydrogen (secondary N) is 1. The Labute approximate surface area is 117 Å². The topological polar surface area (TPSA) is 38.3 Å². The first-order valence-electron chi connectivity index (χ1n) is 5.65. The Morgan fingerprint density at radius 2 is 2.06 bits per heavy atom. The average Bonchev–Trinajstić information content (AvgIpc) is 2.32. The molecule has 0 fully saturated rings. The second kappa shape index (κ2) is 7.67. The second-order valence-corrected chi connectivity index (χ2v) is 5.30. The van der Waals surface area contributed by atoms with Gasteiger partial charge in [-0.05, 0) is 30.9 Å². The summed E-state index contributed by atoms with van der Waals surface area (Å²) >= 11 is 7.35. The zero-order valence-corrected chi connectivity index (χ0v) is 12.3. The maximum absolute atomic E-state index is 11.6. The molecule has 0 radical (unpaired) electrons. The summed E-state index contributed by atoms with van der Waals surface area (Å²) in [7, 11) is 1.64. The Hall–Kier alpha value is -0.710. The Kier molecular flexibility index (Phi) is 6.54. The van der Waals surface area contributed by atoms with Crippen LogP contribution in [0.25, 0.3) is 0 Å². The van der Waals surface area contributed by atoms with Crippen LogP contribution in [-0.4, -0.2) is 31.1 Å². The molecule has 3 nitrogen and oxygen atoms in total. The van der Waals surface area contributed by atoms with Gasteiger partial charge in [0.2, 0.25) is 5.91 Å². The molecule has 100 valence electrons. The van der Waals surface area contributed by atoms with E-state index in [1.807, 2.05) is 37.4 Å². The number of hydrogen-bond acceptors (Lipinski definition) is 3. The largest absolute Gasteiger partial charge is 0.375 e. The Morgan fingerprint density at radius 1 is 1.44 bits per heavy atom. The monoisotopic (exact) mass is 287 g/mol. The maximum Gasteiger partial charge on any atom is 0.230 e. The molecular weight excluding hydrogens is 270 g/mol. The summed E-state index contributed by atoms with van der Waals surface area (Å²) in [6.07, 6.45) is 1.73. The Morgan fingerprint density at radius 3 is 2.56 bits per heavy atom. The number of thioether (sulfide) groups is 1. The molecule has 1 aromatic carbocycles. The van der Waals surface area contributed by atoms with E-state index in [1.165, 1.54) is 11.8 Å². The third-order valence-corrected chi connectivity index (χ3v) is 3.37. The quantitative estimate of drug-likeness (QED) is 0.874. The number of methoxy groups -OCH3 is 1. The van der Waals surface area contributed by atoms with Gasteiger partial charge in [-0.3, -0.25) is 4.79 Å². The molecule has 0 aliphatic carbocycles. The molecule has 0 spiro atoms. The molecule has 1 amide bonds. The number of ether oxygens (including phenoxy) is 1. The van der Waals surface area contributed by atoms with Crippen LogP contribution in [0, 0.1) is 0 Å². The summed E-state index contributed by atoms with van der Waals surface area (Å²) in [6.45, 7) is 1.93. The van der Waals surface area contributed by atoms with Crippen molar-refractivity contribution in [3.8, 4) is 0 Å². The molecule has 0 saturated carbocycles. The summed E-state index contributed by atoms with van der Waals surface area (Å²) in [4.78, 5) is 11.6. The van der Waals surface area contributed by atoms with Crippen molar-refractivity contribution in [3.05, 3.63) is 34.9 Å². The number of benzene rings is 1. The lowest BCUT2D eigenvalue weighted by atomic mass is 10.0. The van der Waals surface area contributed by atoms with Crippen molar-refractivity contribution in [2.45, 2.75) is 19.1 Å². The van der Waals surface area contributed by atoms with E-state index in [0.717, 1.165) is 5.56 Å². The molecule has 18 heavy (non-hydrogen) atoms. The minimum absolute atomic E-state index is 0.0195. The molecule has 0 aliphatic rings. The molecule has 0 unspecified atom stereocenters. The fraction of sp³-hybridized carbons (Fsp3) is 0.462. The first kappa shape index (κ1) is 15.3. The van der Waals surface area contributed by atoms with Crippen LogP contribution in [-0.2, 0) is 9.53 Å². The zero-order valence-electron chi connectivity index (χ0n) is 10.8. The molecule has 1 N–H and O–H groups in total. The minimum Gasteiger partial charge on any atom is -0.375 e. The fourth-order valence-electron chi connectivity index (χ4n) is 1.78. The third kappa shape index (κ3) is 4.52. The summed E-state index contributed by atoms with van der Waals surface area (Å²) < 4.78 is 5.45. The second-order valence-electron chi connectivity index (χ2n) is 4.00. The van der Waals surface area contributed by atoms with Crippen LogP contribution in [0.2, 0.25) is 5.02 Å². The van der Waals surface area contributed by atoms with E-state index < -0.39 is 0 Å². The lowest BCUT2D eigenvalue weighted by Crippen LogP contribution is -2.38. The number of rotatable bonds is 6. The van der Waals surface area contributed by atoms with E-state index in [2.05, 4.69) is 5.32 Å². The highest BCUT2D eigenvalue weighted by Gasteiger charge is 2.20. The van der Waals surface area contributed by atoms with Crippen LogP contribution in [0.5, 0.6) is 0 Å². The smallest absolute Gasteiger partial charge is 0.230 e. The summed E-state index contributed by atoms with van der Waals surface area (Å²) in [5.41, 5.74) is 0.999. The molecule has 0 aliphatic heterocycles. The van der Waals surface area contributed by atoms with Crippen molar-refractivity contribution in [1.29, 1.82) is 0 Å². The fourth-order valence-corrected chi connectivity index (χ4v) is 2.26. The van der Waals surface area contributed by atoms with E-state index in [1.54, 1.807) is 7.11 Å². The van der Waals surface area contributed by atoms with E-state index in [-0.39, 0.29) is 18.1 Å². The van der Waals surface area contributed by atoms with E-state index in [0.29, 0.717) is 10.8 Å². The lowest BCUT2D eigenvalue weighted by Gasteiger charge is -2.24. The number of carbonyl (C=O) groups is 1. The molecule has 2 atom stereocenters. The van der Waals surface area contributed by atoms with Crippen LogP contribution in [0.3, 0.4) is 0 Å². The normalized spacial score (nSPS) is 14.0. The number of amides is 1. The highest BCUT2D eigenvalue weighted by atomic mass is 35.5. The standard InChI is InChI=1S/C13H18ClNO2S/c1-9(15-12(16)8-18-3)13(17-2)10-4-6-11(14)7-5-10/h4-7,9,13H,8H2,1-3H3,(H,15,16)/t9-,13+/m0/s1. The molecule has 0 bridgehead atoms. The molecule has 5 heteroatoms. The first-order chi connectivity index (χ1) is 8.58. The molecule has 1 aromatic rings. The highest BCUT2D eigenvalue weighted by Crippen LogP contribution is 2.22. The summed E-state index contributed by atoms with van der Waals surface area (Å²) in [6, 6.07) is 7.37. The van der Waals surface area contributed by atoms with Crippen molar-refractivity contribution >= 4 is 29.3 Å². The van der Waals surface area contributed by atoms with Gasteiger partial charge in [0.25, 0.3) is 0 Å². The molecule has 0 saturated heterocycles. The Bertz CT molecular complexity index is 383. The number of carbonyl (C=O) groups excluding carboxylic acids is 1. The average molecular weight is 288 g/mol. The highest BCUT2D eigenvalue weighted by molar-refractivity contribution is 7.99. The molecule has 0 heterocycles. The summed E-state index contributed by atoms with van der Waals surface area (Å²) in [5.74, 6) is 0.479. The van der Waals surface area contributed by atoms with Crippen LogP contribution >= 0.6 is 23.4 Å². The molecule has 1 rings (SSSR count). The van der Waals surface area contributed by atoms with Crippen LogP contribution in [0.1, 0.15) is 18.6 Å². The van der Waals surface area contributed by atoms with Gasteiger partial charge in [-0.1, -0.05) is 23.7 Å². The third-order valence-electron chi connectivity index (χ3n) is 2.57. The predicted octanol–water partition coefficient (Wildman–Crippen LogP) is 2.90. The van der Waals surface area contributed by atoms with E-state index in [4.69, 9.17) is 16.3 Å². The van der Waals surface area contributed by atoms with Crippen LogP contribution in [0.4, 0.5) is 0 Å². The van der Waals surface area contributed by atoms with E-state index in [9.17, 15) is 4.79 Å². The Balaban J connectivity index is 2.70. The SMILES string of the molecule is CO[C@@H](c1ccc(Cl)cc1)[C@H](C)NC(=O)CSC. The van der Waals surface area contributed by atoms with Gasteiger partial charge in [-0.25, -0.2) is 0 Å². The van der Waals surface area contributed by atoms with Crippen molar-refractivity contribution < 1.29 is 9.53 Å². The van der Waals surface area contributed by atoms with Gasteiger partial charge in [0.05, 0.1) is 11.8 Å². The van der Waals surface area contributed by atoms with Gasteiger partial charge in [0, 0.05) is 12.1 Å². The van der Waals surface area contributed by atoms with Crippen molar-refractivity contribution in [2.75, 3.05) is 19.1 Å². The van der Waals surface area contributed by atoms with Crippen LogP contribution in [0.15, 0.2) is 24.3 Å². The molecular formula is C13H18ClNO2S. The molecule has 0 aromatic heterocycles. The van der Waals surface area contributed by atoms with Gasteiger partial charge < -0.3 is 10.1 Å². The maximum atomic E-state index is 11.6. The van der Waals surface area contributed by atoms with Gasteiger partial charge in [-0.15, -0.1) is 0 Å². The minimum atomic E-state index is -0.173. The van der Waals surface area contributed by atoms with Crippen molar-refractivity contribution in [1.82, 2.24) is 5.32 Å². The van der Waals surface area contributed by atoms with Gasteiger partial charge in [0.1, 0.15) is 6.10 Å². The first-order valence-corrected chi connectivity index (χ1v) is 7.42. The zero-order chi connectivity index (χ0) is 13.5. The van der Waals surface area contributed by atoms with Gasteiger partial charge in [-0.2, -0.15) is 11.8 Å². The lowest BCUT2D eigenvalue weighted by molar-refractivity contribution is -0.120. The predicted molar refractivity (Wildman–Crippen MR) is 77.2 cm³/mol. The van der Waals surface area contributed by atoms with Gasteiger partial charge >= 0.3 is 0 Å².